The maximum atomic E-state index is 13.6. The average Bonchev–Trinajstić information content (AvgIpc) is 2.82. The molecule has 0 saturated carbocycles. The number of hydrogen-bond acceptors (Lipinski definition) is 4. The first-order valence-corrected chi connectivity index (χ1v) is 6.84. The van der Waals surface area contributed by atoms with E-state index in [1.807, 2.05) is 0 Å². The van der Waals surface area contributed by atoms with E-state index in [0.29, 0.717) is 27.5 Å². The molecule has 1 aromatic carbocycles. The zero-order chi connectivity index (χ0) is 13.7. The summed E-state index contributed by atoms with van der Waals surface area (Å²) in [5, 5.41) is 8.49. The number of aromatic nitrogens is 2. The molecule has 0 radical (unpaired) electrons. The molecule has 98 valence electrons. The summed E-state index contributed by atoms with van der Waals surface area (Å²) in [6.45, 7) is 1.76. The first kappa shape index (κ1) is 13.9. The van der Waals surface area contributed by atoms with Crippen LogP contribution in [0.4, 0.5) is 4.39 Å². The largest absolute Gasteiger partial charge is 0.416 e. The normalized spacial score (nSPS) is 10.1. The smallest absolute Gasteiger partial charge is 0.277 e. The lowest BCUT2D eigenvalue weighted by molar-refractivity contribution is 0.418. The first-order valence-electron chi connectivity index (χ1n) is 5.48. The lowest BCUT2D eigenvalue weighted by Gasteiger charge is -2.01. The Morgan fingerprint density at radius 3 is 3.00 bits per heavy atom. The van der Waals surface area contributed by atoms with Gasteiger partial charge in [-0.15, -0.1) is 16.1 Å². The predicted octanol–water partition coefficient (Wildman–Crippen LogP) is 3.57. The van der Waals surface area contributed by atoms with Crippen molar-refractivity contribution in [2.75, 3.05) is 5.75 Å². The molecule has 0 unspecified atom stereocenters. The highest BCUT2D eigenvalue weighted by atomic mass is 35.5. The lowest BCUT2D eigenvalue weighted by Crippen LogP contribution is -1.94. The van der Waals surface area contributed by atoms with Crippen molar-refractivity contribution in [1.29, 1.82) is 0 Å². The Morgan fingerprint density at radius 1 is 1.42 bits per heavy atom. The summed E-state index contributed by atoms with van der Waals surface area (Å²) in [7, 11) is 0. The molecule has 6 heteroatoms. The van der Waals surface area contributed by atoms with Gasteiger partial charge >= 0.3 is 0 Å². The molecule has 0 amide bonds. The fraction of sp³-hybridized carbons (Fsp3) is 0.231. The van der Waals surface area contributed by atoms with Gasteiger partial charge in [0, 0.05) is 10.6 Å². The van der Waals surface area contributed by atoms with Crippen LogP contribution in [0, 0.1) is 17.7 Å². The maximum Gasteiger partial charge on any atom is 0.277 e. The van der Waals surface area contributed by atoms with Gasteiger partial charge in [0.05, 0.1) is 12.2 Å². The van der Waals surface area contributed by atoms with E-state index in [-0.39, 0.29) is 12.2 Å². The van der Waals surface area contributed by atoms with Gasteiger partial charge in [-0.2, -0.15) is 0 Å². The van der Waals surface area contributed by atoms with Crippen molar-refractivity contribution in [3.63, 3.8) is 0 Å². The number of benzene rings is 1. The quantitative estimate of drug-likeness (QED) is 0.639. The Hall–Kier alpha value is -1.51. The summed E-state index contributed by atoms with van der Waals surface area (Å²) < 4.78 is 19.0. The SMILES string of the molecule is CC#CCSc1nnc(Cc2c(F)cccc2Cl)o1. The minimum Gasteiger partial charge on any atom is -0.416 e. The number of thioether (sulfide) groups is 1. The molecule has 1 aromatic heterocycles. The Kier molecular flexibility index (Phi) is 4.83. The zero-order valence-corrected chi connectivity index (χ0v) is 11.7. The van der Waals surface area contributed by atoms with Crippen LogP contribution in [0.2, 0.25) is 5.02 Å². The number of nitrogens with zero attached hydrogens (tertiary/aromatic N) is 2. The highest BCUT2D eigenvalue weighted by Gasteiger charge is 2.12. The van der Waals surface area contributed by atoms with Gasteiger partial charge in [0.15, 0.2) is 0 Å². The molecule has 1 heterocycles. The van der Waals surface area contributed by atoms with E-state index >= 15 is 0 Å². The Balaban J connectivity index is 2.09. The lowest BCUT2D eigenvalue weighted by atomic mass is 10.1. The third kappa shape index (κ3) is 3.72. The molecule has 2 rings (SSSR count). The van der Waals surface area contributed by atoms with Crippen LogP contribution in [0.15, 0.2) is 27.8 Å². The van der Waals surface area contributed by atoms with Crippen LogP contribution >= 0.6 is 23.4 Å². The maximum absolute atomic E-state index is 13.6. The van der Waals surface area contributed by atoms with Crippen LogP contribution < -0.4 is 0 Å². The molecule has 0 spiro atoms. The minimum absolute atomic E-state index is 0.179. The van der Waals surface area contributed by atoms with E-state index in [9.17, 15) is 4.39 Å². The summed E-state index contributed by atoms with van der Waals surface area (Å²) >= 11 is 7.28. The van der Waals surface area contributed by atoms with Crippen molar-refractivity contribution in [2.45, 2.75) is 18.6 Å². The predicted molar refractivity (Wildman–Crippen MR) is 72.7 cm³/mol. The molecule has 3 nitrogen and oxygen atoms in total. The third-order valence-electron chi connectivity index (χ3n) is 2.28. The number of rotatable bonds is 4. The topological polar surface area (TPSA) is 38.9 Å². The van der Waals surface area contributed by atoms with Gasteiger partial charge in [0.1, 0.15) is 5.82 Å². The van der Waals surface area contributed by atoms with Crippen LogP contribution in [0.3, 0.4) is 0 Å². The van der Waals surface area contributed by atoms with E-state index in [2.05, 4.69) is 22.0 Å². The van der Waals surface area contributed by atoms with Crippen molar-refractivity contribution >= 4 is 23.4 Å². The van der Waals surface area contributed by atoms with E-state index in [1.54, 1.807) is 19.1 Å². The highest BCUT2D eigenvalue weighted by Crippen LogP contribution is 2.23. The standard InChI is InChI=1S/C13H10ClFN2OS/c1-2-3-7-19-13-17-16-12(18-13)8-9-10(14)5-4-6-11(9)15/h4-6H,7-8H2,1H3. The van der Waals surface area contributed by atoms with Crippen LogP contribution in [0.25, 0.3) is 0 Å². The molecular weight excluding hydrogens is 287 g/mol. The van der Waals surface area contributed by atoms with Crippen molar-refractivity contribution in [3.05, 3.63) is 40.5 Å². The highest BCUT2D eigenvalue weighted by molar-refractivity contribution is 7.99. The fourth-order valence-corrected chi connectivity index (χ4v) is 2.21. The van der Waals surface area contributed by atoms with E-state index in [4.69, 9.17) is 16.0 Å². The Labute approximate surface area is 119 Å². The molecule has 0 saturated heterocycles. The molecule has 0 aliphatic rings. The third-order valence-corrected chi connectivity index (χ3v) is 3.34. The first-order chi connectivity index (χ1) is 9.20. The summed E-state index contributed by atoms with van der Waals surface area (Å²) in [5.41, 5.74) is 0.359. The fourth-order valence-electron chi connectivity index (χ4n) is 1.39. The molecular formula is C13H10ClFN2OS. The van der Waals surface area contributed by atoms with Gasteiger partial charge in [0.25, 0.3) is 5.22 Å². The van der Waals surface area contributed by atoms with E-state index in [1.165, 1.54) is 17.8 Å². The molecule has 0 aliphatic heterocycles. The van der Waals surface area contributed by atoms with Gasteiger partial charge in [0.2, 0.25) is 5.89 Å². The second-order valence-corrected chi connectivity index (χ2v) is 4.89. The van der Waals surface area contributed by atoms with Crippen molar-refractivity contribution in [1.82, 2.24) is 10.2 Å². The van der Waals surface area contributed by atoms with Gasteiger partial charge in [-0.3, -0.25) is 0 Å². The van der Waals surface area contributed by atoms with E-state index in [0.717, 1.165) is 0 Å². The molecule has 0 fully saturated rings. The number of hydrogen-bond donors (Lipinski definition) is 0. The van der Waals surface area contributed by atoms with Gasteiger partial charge in [-0.05, 0) is 19.1 Å². The molecule has 0 atom stereocenters. The number of halogens is 2. The molecule has 0 aliphatic carbocycles. The van der Waals surface area contributed by atoms with Crippen LogP contribution in [0.1, 0.15) is 18.4 Å². The minimum atomic E-state index is -0.378. The summed E-state index contributed by atoms with van der Waals surface area (Å²) in [6, 6.07) is 4.53. The molecule has 0 N–H and O–H groups in total. The summed E-state index contributed by atoms with van der Waals surface area (Å²) in [6.07, 6.45) is 0.179. The van der Waals surface area contributed by atoms with Crippen molar-refractivity contribution < 1.29 is 8.81 Å². The van der Waals surface area contributed by atoms with E-state index < -0.39 is 0 Å². The second kappa shape index (κ2) is 6.60. The van der Waals surface area contributed by atoms with Gasteiger partial charge in [-0.25, -0.2) is 4.39 Å². The summed E-state index contributed by atoms with van der Waals surface area (Å²) in [5.74, 6) is 6.19. The van der Waals surface area contributed by atoms with Crippen LogP contribution in [-0.4, -0.2) is 16.0 Å². The van der Waals surface area contributed by atoms with Gasteiger partial charge in [-0.1, -0.05) is 35.3 Å². The summed E-state index contributed by atoms with van der Waals surface area (Å²) in [4.78, 5) is 0. The Morgan fingerprint density at radius 2 is 2.26 bits per heavy atom. The van der Waals surface area contributed by atoms with Crippen molar-refractivity contribution in [2.24, 2.45) is 0 Å². The van der Waals surface area contributed by atoms with Crippen LogP contribution in [-0.2, 0) is 6.42 Å². The Bertz CT molecular complexity index is 613. The van der Waals surface area contributed by atoms with Crippen molar-refractivity contribution in [3.8, 4) is 11.8 Å². The molecule has 19 heavy (non-hydrogen) atoms. The average molecular weight is 297 g/mol. The monoisotopic (exact) mass is 296 g/mol. The van der Waals surface area contributed by atoms with Gasteiger partial charge < -0.3 is 4.42 Å². The van der Waals surface area contributed by atoms with Crippen LogP contribution in [0.5, 0.6) is 0 Å². The molecule has 2 aromatic rings. The zero-order valence-electron chi connectivity index (χ0n) is 10.1. The molecule has 0 bridgehead atoms. The second-order valence-electron chi connectivity index (χ2n) is 3.55.